The zero-order chi connectivity index (χ0) is 15.1. The van der Waals surface area contributed by atoms with Gasteiger partial charge in [0.1, 0.15) is 0 Å². The van der Waals surface area contributed by atoms with Crippen molar-refractivity contribution < 1.29 is 5.11 Å². The first-order chi connectivity index (χ1) is 10.2. The molecule has 1 saturated heterocycles. The highest BCUT2D eigenvalue weighted by Crippen LogP contribution is 2.25. The minimum atomic E-state index is -0.103. The Hall–Kier alpha value is -0.120. The molecule has 2 rings (SSSR count). The van der Waals surface area contributed by atoms with E-state index in [0.29, 0.717) is 12.0 Å². The van der Waals surface area contributed by atoms with Crippen molar-refractivity contribution in [3.63, 3.8) is 0 Å². The van der Waals surface area contributed by atoms with Gasteiger partial charge in [-0.15, -0.1) is 0 Å². The highest BCUT2D eigenvalue weighted by atomic mass is 16.3. The maximum Gasteiger partial charge on any atom is 0.0540 e. The third-order valence-corrected chi connectivity index (χ3v) is 5.34. The van der Waals surface area contributed by atoms with Gasteiger partial charge in [0, 0.05) is 25.2 Å². The van der Waals surface area contributed by atoms with Gasteiger partial charge in [0.2, 0.25) is 0 Å². The number of likely N-dealkylation sites (tertiary alicyclic amines) is 1. The van der Waals surface area contributed by atoms with Crippen molar-refractivity contribution >= 4 is 0 Å². The van der Waals surface area contributed by atoms with Crippen LogP contribution in [0.15, 0.2) is 0 Å². The first-order valence-corrected chi connectivity index (χ1v) is 9.37. The normalized spacial score (nSPS) is 29.9. The second-order valence-corrected chi connectivity index (χ2v) is 7.36. The van der Waals surface area contributed by atoms with E-state index in [2.05, 4.69) is 24.1 Å². The SMILES string of the molecule is CCCCN1CC(CC(O)CC)CC(NC2CCCC2)C1. The van der Waals surface area contributed by atoms with Crippen molar-refractivity contribution in [3.8, 4) is 0 Å². The van der Waals surface area contributed by atoms with Crippen molar-refractivity contribution in [1.82, 2.24) is 10.2 Å². The maximum absolute atomic E-state index is 10.0. The van der Waals surface area contributed by atoms with E-state index in [1.54, 1.807) is 0 Å². The van der Waals surface area contributed by atoms with Crippen LogP contribution in [0.4, 0.5) is 0 Å². The van der Waals surface area contributed by atoms with Crippen LogP contribution in [0.25, 0.3) is 0 Å². The lowest BCUT2D eigenvalue weighted by Gasteiger charge is -2.40. The largest absolute Gasteiger partial charge is 0.393 e. The van der Waals surface area contributed by atoms with E-state index in [-0.39, 0.29) is 6.10 Å². The number of unbranched alkanes of at least 4 members (excludes halogenated alkanes) is 1. The van der Waals surface area contributed by atoms with Gasteiger partial charge in [-0.25, -0.2) is 0 Å². The molecular formula is C18H36N2O. The van der Waals surface area contributed by atoms with E-state index in [1.807, 2.05) is 0 Å². The van der Waals surface area contributed by atoms with Gasteiger partial charge in [0.05, 0.1) is 6.10 Å². The summed E-state index contributed by atoms with van der Waals surface area (Å²) < 4.78 is 0. The first kappa shape index (κ1) is 17.2. The molecular weight excluding hydrogens is 260 g/mol. The highest BCUT2D eigenvalue weighted by Gasteiger charge is 2.29. The number of hydrogen-bond donors (Lipinski definition) is 2. The van der Waals surface area contributed by atoms with E-state index in [4.69, 9.17) is 0 Å². The van der Waals surface area contributed by atoms with Gasteiger partial charge in [-0.1, -0.05) is 33.1 Å². The second-order valence-electron chi connectivity index (χ2n) is 7.36. The molecule has 1 saturated carbocycles. The average Bonchev–Trinajstić information content (AvgIpc) is 2.97. The van der Waals surface area contributed by atoms with Crippen molar-refractivity contribution in [2.24, 2.45) is 5.92 Å². The fourth-order valence-electron chi connectivity index (χ4n) is 4.14. The van der Waals surface area contributed by atoms with Gasteiger partial charge in [-0.3, -0.25) is 0 Å². The second kappa shape index (κ2) is 9.12. The Morgan fingerprint density at radius 3 is 2.57 bits per heavy atom. The lowest BCUT2D eigenvalue weighted by molar-refractivity contribution is 0.0807. The summed E-state index contributed by atoms with van der Waals surface area (Å²) in [6.45, 7) is 8.01. The van der Waals surface area contributed by atoms with Crippen LogP contribution < -0.4 is 5.32 Å². The fraction of sp³-hybridized carbons (Fsp3) is 1.00. The summed E-state index contributed by atoms with van der Waals surface area (Å²) in [5.74, 6) is 0.671. The van der Waals surface area contributed by atoms with E-state index < -0.39 is 0 Å². The maximum atomic E-state index is 10.0. The molecule has 0 aromatic carbocycles. The smallest absolute Gasteiger partial charge is 0.0540 e. The molecule has 0 amide bonds. The van der Waals surface area contributed by atoms with Crippen LogP contribution in [0.2, 0.25) is 0 Å². The van der Waals surface area contributed by atoms with Gasteiger partial charge >= 0.3 is 0 Å². The van der Waals surface area contributed by atoms with Crippen LogP contribution in [0, 0.1) is 5.92 Å². The van der Waals surface area contributed by atoms with E-state index in [1.165, 1.54) is 64.6 Å². The molecule has 1 aliphatic carbocycles. The molecule has 1 aliphatic heterocycles. The summed E-state index contributed by atoms with van der Waals surface area (Å²) in [4.78, 5) is 2.65. The van der Waals surface area contributed by atoms with Crippen LogP contribution >= 0.6 is 0 Å². The minimum absolute atomic E-state index is 0.103. The third kappa shape index (κ3) is 5.88. The van der Waals surface area contributed by atoms with Gasteiger partial charge in [0.15, 0.2) is 0 Å². The molecule has 3 heteroatoms. The number of aliphatic hydroxyl groups excluding tert-OH is 1. The highest BCUT2D eigenvalue weighted by molar-refractivity contribution is 4.87. The quantitative estimate of drug-likeness (QED) is 0.722. The summed E-state index contributed by atoms with van der Waals surface area (Å²) in [6, 6.07) is 1.41. The zero-order valence-corrected chi connectivity index (χ0v) is 14.2. The molecule has 2 aliphatic rings. The Bertz CT molecular complexity index is 278. The number of nitrogens with zero attached hydrogens (tertiary/aromatic N) is 1. The molecule has 0 radical (unpaired) electrons. The Morgan fingerprint density at radius 2 is 1.90 bits per heavy atom. The molecule has 21 heavy (non-hydrogen) atoms. The molecule has 2 fully saturated rings. The Morgan fingerprint density at radius 1 is 1.14 bits per heavy atom. The number of piperidine rings is 1. The van der Waals surface area contributed by atoms with Gasteiger partial charge in [-0.05, 0) is 51.0 Å². The summed E-state index contributed by atoms with van der Waals surface area (Å²) in [6.07, 6.45) is 11.2. The van der Waals surface area contributed by atoms with Crippen LogP contribution in [0.1, 0.15) is 71.6 Å². The average molecular weight is 296 g/mol. The van der Waals surface area contributed by atoms with Crippen LogP contribution in [-0.4, -0.2) is 47.8 Å². The Kier molecular flexibility index (Phi) is 7.48. The molecule has 0 aromatic rings. The number of hydrogen-bond acceptors (Lipinski definition) is 3. The monoisotopic (exact) mass is 296 g/mol. The number of aliphatic hydroxyl groups is 1. The lowest BCUT2D eigenvalue weighted by atomic mass is 9.88. The molecule has 0 bridgehead atoms. The van der Waals surface area contributed by atoms with Crippen molar-refractivity contribution in [3.05, 3.63) is 0 Å². The van der Waals surface area contributed by atoms with Crippen molar-refractivity contribution in [2.45, 2.75) is 89.8 Å². The summed E-state index contributed by atoms with van der Waals surface area (Å²) in [5, 5.41) is 13.9. The van der Waals surface area contributed by atoms with Crippen LogP contribution in [0.5, 0.6) is 0 Å². The molecule has 0 spiro atoms. The summed E-state index contributed by atoms with van der Waals surface area (Å²) in [7, 11) is 0. The summed E-state index contributed by atoms with van der Waals surface area (Å²) in [5.41, 5.74) is 0. The topological polar surface area (TPSA) is 35.5 Å². The molecule has 124 valence electrons. The predicted octanol–water partition coefficient (Wildman–Crippen LogP) is 3.17. The number of nitrogens with one attached hydrogen (secondary N) is 1. The van der Waals surface area contributed by atoms with Gasteiger partial charge in [-0.2, -0.15) is 0 Å². The molecule has 3 nitrogen and oxygen atoms in total. The molecule has 1 heterocycles. The molecule has 3 atom stereocenters. The van der Waals surface area contributed by atoms with Crippen molar-refractivity contribution in [2.75, 3.05) is 19.6 Å². The molecule has 0 aromatic heterocycles. The van der Waals surface area contributed by atoms with Gasteiger partial charge in [0.25, 0.3) is 0 Å². The lowest BCUT2D eigenvalue weighted by Crippen LogP contribution is -2.52. The predicted molar refractivity (Wildman–Crippen MR) is 89.5 cm³/mol. The standard InChI is InChI=1S/C18H36N2O/c1-3-5-10-20-13-15(12-18(21)4-2)11-17(14-20)19-16-8-6-7-9-16/h15-19,21H,3-14H2,1-2H3. The van der Waals surface area contributed by atoms with Crippen LogP contribution in [-0.2, 0) is 0 Å². The zero-order valence-electron chi connectivity index (χ0n) is 14.2. The minimum Gasteiger partial charge on any atom is -0.393 e. The molecule has 2 N–H and O–H groups in total. The van der Waals surface area contributed by atoms with E-state index >= 15 is 0 Å². The Balaban J connectivity index is 1.85. The van der Waals surface area contributed by atoms with E-state index in [0.717, 1.165) is 18.9 Å². The van der Waals surface area contributed by atoms with Crippen molar-refractivity contribution in [1.29, 1.82) is 0 Å². The summed E-state index contributed by atoms with van der Waals surface area (Å²) >= 11 is 0. The van der Waals surface area contributed by atoms with E-state index in [9.17, 15) is 5.11 Å². The fourth-order valence-corrected chi connectivity index (χ4v) is 4.14. The van der Waals surface area contributed by atoms with Crippen LogP contribution in [0.3, 0.4) is 0 Å². The Labute approximate surface area is 131 Å². The number of rotatable bonds is 8. The first-order valence-electron chi connectivity index (χ1n) is 9.37. The third-order valence-electron chi connectivity index (χ3n) is 5.34. The molecule has 3 unspecified atom stereocenters. The van der Waals surface area contributed by atoms with Gasteiger partial charge < -0.3 is 15.3 Å².